The van der Waals surface area contributed by atoms with Crippen LogP contribution in [-0.4, -0.2) is 11.2 Å². The number of nitrogen functional groups attached to an aromatic ring is 1. The van der Waals surface area contributed by atoms with Crippen LogP contribution in [-0.2, 0) is 6.54 Å². The highest BCUT2D eigenvalue weighted by Gasteiger charge is 2.13. The first-order chi connectivity index (χ1) is 8.24. The molecule has 0 fully saturated rings. The first-order valence-electron chi connectivity index (χ1n) is 6.26. The van der Waals surface area contributed by atoms with E-state index in [1.807, 2.05) is 4.57 Å². The van der Waals surface area contributed by atoms with Crippen molar-refractivity contribution in [3.05, 3.63) is 11.8 Å². The number of anilines is 1. The molecule has 1 heterocycles. The minimum Gasteiger partial charge on any atom is -0.477 e. The van der Waals surface area contributed by atoms with Gasteiger partial charge in [0.1, 0.15) is 11.8 Å². The Hall–Kier alpha value is -1.63. The van der Waals surface area contributed by atoms with E-state index in [4.69, 9.17) is 15.7 Å². The Morgan fingerprint density at radius 3 is 2.65 bits per heavy atom. The molecule has 1 rings (SSSR count). The van der Waals surface area contributed by atoms with E-state index in [1.165, 1.54) is 0 Å². The highest BCUT2D eigenvalue weighted by Crippen LogP contribution is 2.27. The van der Waals surface area contributed by atoms with E-state index in [0.29, 0.717) is 23.9 Å². The van der Waals surface area contributed by atoms with Gasteiger partial charge in [-0.1, -0.05) is 26.7 Å². The summed E-state index contributed by atoms with van der Waals surface area (Å²) in [5.74, 6) is 0.656. The van der Waals surface area contributed by atoms with Crippen LogP contribution >= 0.6 is 0 Å². The Labute approximate surface area is 103 Å². The maximum Gasteiger partial charge on any atom is 0.218 e. The third-order valence-electron chi connectivity index (χ3n) is 2.66. The summed E-state index contributed by atoms with van der Waals surface area (Å²) in [7, 11) is 0. The molecule has 17 heavy (non-hydrogen) atoms. The molecule has 0 amide bonds. The summed E-state index contributed by atoms with van der Waals surface area (Å²) in [6, 6.07) is 3.85. The zero-order chi connectivity index (χ0) is 12.7. The molecule has 0 bridgehead atoms. The SMILES string of the molecule is CCCCOc1c(N)cc(C#N)n1CCCC. The molecule has 0 radical (unpaired) electrons. The summed E-state index contributed by atoms with van der Waals surface area (Å²) in [5, 5.41) is 9.05. The van der Waals surface area contributed by atoms with Crippen LogP contribution in [0.5, 0.6) is 5.88 Å². The quantitative estimate of drug-likeness (QED) is 0.739. The zero-order valence-corrected chi connectivity index (χ0v) is 10.7. The van der Waals surface area contributed by atoms with E-state index in [1.54, 1.807) is 6.07 Å². The normalized spacial score (nSPS) is 10.2. The number of rotatable bonds is 7. The lowest BCUT2D eigenvalue weighted by Crippen LogP contribution is -2.07. The number of nitrogens with two attached hydrogens (primary N) is 1. The van der Waals surface area contributed by atoms with Gasteiger partial charge in [-0.3, -0.25) is 0 Å². The third-order valence-corrected chi connectivity index (χ3v) is 2.66. The molecule has 4 nitrogen and oxygen atoms in total. The Morgan fingerprint density at radius 2 is 2.06 bits per heavy atom. The lowest BCUT2D eigenvalue weighted by atomic mass is 10.3. The van der Waals surface area contributed by atoms with E-state index in [2.05, 4.69) is 19.9 Å². The van der Waals surface area contributed by atoms with Gasteiger partial charge in [0.05, 0.1) is 12.3 Å². The van der Waals surface area contributed by atoms with Crippen LogP contribution in [0.3, 0.4) is 0 Å². The number of hydrogen-bond acceptors (Lipinski definition) is 3. The number of ether oxygens (including phenoxy) is 1. The summed E-state index contributed by atoms with van der Waals surface area (Å²) < 4.78 is 7.56. The fraction of sp³-hybridized carbons (Fsp3) is 0.615. The molecule has 1 aromatic rings. The van der Waals surface area contributed by atoms with Gasteiger partial charge in [-0.05, 0) is 12.8 Å². The van der Waals surface area contributed by atoms with Crippen LogP contribution in [0.1, 0.15) is 45.2 Å². The standard InChI is InChI=1S/C13H21N3O/c1-3-5-7-16-11(10-14)9-12(15)13(16)17-8-6-4-2/h9H,3-8,15H2,1-2H3. The van der Waals surface area contributed by atoms with Crippen molar-refractivity contribution in [2.24, 2.45) is 0 Å². The van der Waals surface area contributed by atoms with Crippen LogP contribution in [0, 0.1) is 11.3 Å². The van der Waals surface area contributed by atoms with Gasteiger partial charge in [0.15, 0.2) is 0 Å². The fourth-order valence-corrected chi connectivity index (χ4v) is 1.66. The molecule has 0 aliphatic carbocycles. The lowest BCUT2D eigenvalue weighted by molar-refractivity contribution is 0.283. The van der Waals surface area contributed by atoms with Crippen LogP contribution < -0.4 is 10.5 Å². The highest BCUT2D eigenvalue weighted by atomic mass is 16.5. The second kappa shape index (κ2) is 6.85. The van der Waals surface area contributed by atoms with Gasteiger partial charge in [-0.25, -0.2) is 0 Å². The lowest BCUT2D eigenvalue weighted by Gasteiger charge is -2.11. The van der Waals surface area contributed by atoms with Crippen molar-refractivity contribution in [3.63, 3.8) is 0 Å². The van der Waals surface area contributed by atoms with E-state index in [9.17, 15) is 0 Å². The molecule has 4 heteroatoms. The topological polar surface area (TPSA) is 64.0 Å². The van der Waals surface area contributed by atoms with Crippen molar-refractivity contribution in [1.82, 2.24) is 4.57 Å². The van der Waals surface area contributed by atoms with Crippen molar-refractivity contribution in [2.45, 2.75) is 46.1 Å². The highest BCUT2D eigenvalue weighted by molar-refractivity contribution is 5.55. The number of aromatic nitrogens is 1. The maximum atomic E-state index is 9.05. The summed E-state index contributed by atoms with van der Waals surface area (Å²) in [4.78, 5) is 0. The molecule has 0 aliphatic rings. The molecule has 0 saturated heterocycles. The smallest absolute Gasteiger partial charge is 0.218 e. The number of hydrogen-bond donors (Lipinski definition) is 1. The van der Waals surface area contributed by atoms with Gasteiger partial charge in [-0.15, -0.1) is 0 Å². The summed E-state index contributed by atoms with van der Waals surface area (Å²) >= 11 is 0. The van der Waals surface area contributed by atoms with Crippen molar-refractivity contribution in [1.29, 1.82) is 5.26 Å². The second-order valence-corrected chi connectivity index (χ2v) is 4.11. The average Bonchev–Trinajstić information content (AvgIpc) is 2.63. The van der Waals surface area contributed by atoms with Crippen LogP contribution in [0.2, 0.25) is 0 Å². The molecule has 0 aromatic carbocycles. The Morgan fingerprint density at radius 1 is 1.35 bits per heavy atom. The van der Waals surface area contributed by atoms with Crippen LogP contribution in [0.4, 0.5) is 5.69 Å². The molecule has 0 aliphatic heterocycles. The van der Waals surface area contributed by atoms with Gasteiger partial charge in [-0.2, -0.15) is 5.26 Å². The molecule has 2 N–H and O–H groups in total. The predicted molar refractivity (Wildman–Crippen MR) is 68.9 cm³/mol. The summed E-state index contributed by atoms with van der Waals surface area (Å²) in [6.07, 6.45) is 4.19. The van der Waals surface area contributed by atoms with Gasteiger partial charge in [0.2, 0.25) is 5.88 Å². The van der Waals surface area contributed by atoms with Gasteiger partial charge in [0, 0.05) is 12.6 Å². The van der Waals surface area contributed by atoms with Gasteiger partial charge in [0.25, 0.3) is 0 Å². The minimum absolute atomic E-state index is 0.564. The van der Waals surface area contributed by atoms with E-state index >= 15 is 0 Å². The zero-order valence-electron chi connectivity index (χ0n) is 10.7. The third kappa shape index (κ3) is 3.42. The van der Waals surface area contributed by atoms with Gasteiger partial charge < -0.3 is 15.0 Å². The van der Waals surface area contributed by atoms with Gasteiger partial charge >= 0.3 is 0 Å². The number of unbranched alkanes of at least 4 members (excludes halogenated alkanes) is 2. The maximum absolute atomic E-state index is 9.05. The summed E-state index contributed by atoms with van der Waals surface area (Å²) in [5.41, 5.74) is 7.02. The Kier molecular flexibility index (Phi) is 5.41. The first-order valence-corrected chi connectivity index (χ1v) is 6.26. The first kappa shape index (κ1) is 13.4. The fourth-order valence-electron chi connectivity index (χ4n) is 1.66. The summed E-state index contributed by atoms with van der Waals surface area (Å²) in [6.45, 7) is 5.68. The van der Waals surface area contributed by atoms with Crippen molar-refractivity contribution in [2.75, 3.05) is 12.3 Å². The molecular weight excluding hydrogens is 214 g/mol. The molecule has 0 atom stereocenters. The van der Waals surface area contributed by atoms with E-state index in [0.717, 1.165) is 32.2 Å². The van der Waals surface area contributed by atoms with Crippen molar-refractivity contribution in [3.8, 4) is 11.9 Å². The predicted octanol–water partition coefficient (Wildman–Crippen LogP) is 2.92. The Bertz CT molecular complexity index is 390. The number of nitriles is 1. The molecule has 94 valence electrons. The number of nitrogens with zero attached hydrogens (tertiary/aromatic N) is 2. The molecular formula is C13H21N3O. The Balaban J connectivity index is 2.84. The van der Waals surface area contributed by atoms with Crippen LogP contribution in [0.25, 0.3) is 0 Å². The van der Waals surface area contributed by atoms with Crippen LogP contribution in [0.15, 0.2) is 6.07 Å². The molecule has 0 spiro atoms. The monoisotopic (exact) mass is 235 g/mol. The van der Waals surface area contributed by atoms with Crippen molar-refractivity contribution < 1.29 is 4.74 Å². The minimum atomic E-state index is 0.564. The average molecular weight is 235 g/mol. The van der Waals surface area contributed by atoms with Crippen molar-refractivity contribution >= 4 is 5.69 Å². The van der Waals surface area contributed by atoms with E-state index in [-0.39, 0.29) is 0 Å². The van der Waals surface area contributed by atoms with E-state index < -0.39 is 0 Å². The largest absolute Gasteiger partial charge is 0.477 e. The molecule has 0 saturated carbocycles. The second-order valence-electron chi connectivity index (χ2n) is 4.11. The molecule has 0 unspecified atom stereocenters. The molecule has 1 aromatic heterocycles.